The Labute approximate surface area is 96.0 Å². The second kappa shape index (κ2) is 4.68. The fraction of sp³-hybridized carbons (Fsp3) is 0.667. The van der Waals surface area contributed by atoms with Crippen molar-refractivity contribution in [2.24, 2.45) is 5.92 Å². The van der Waals surface area contributed by atoms with E-state index in [4.69, 9.17) is 0 Å². The van der Waals surface area contributed by atoms with Gasteiger partial charge in [-0.3, -0.25) is 9.89 Å². The fourth-order valence-corrected chi connectivity index (χ4v) is 2.31. The summed E-state index contributed by atoms with van der Waals surface area (Å²) in [6.45, 7) is 5.05. The highest BCUT2D eigenvalue weighted by molar-refractivity contribution is 5.77. The molecule has 88 valence electrons. The van der Waals surface area contributed by atoms with Crippen LogP contribution >= 0.6 is 0 Å². The van der Waals surface area contributed by atoms with Crippen LogP contribution < -0.4 is 0 Å². The summed E-state index contributed by atoms with van der Waals surface area (Å²) in [5, 5.41) is 6.93. The van der Waals surface area contributed by atoms with Gasteiger partial charge in [-0.15, -0.1) is 0 Å². The van der Waals surface area contributed by atoms with Gasteiger partial charge in [0.05, 0.1) is 11.7 Å². The van der Waals surface area contributed by atoms with Crippen molar-refractivity contribution in [3.63, 3.8) is 0 Å². The number of nitrogens with one attached hydrogen (secondary N) is 1. The first kappa shape index (κ1) is 11.2. The molecule has 1 saturated heterocycles. The molecule has 0 aromatic carbocycles. The van der Waals surface area contributed by atoms with Gasteiger partial charge in [-0.25, -0.2) is 0 Å². The molecular formula is C12H19N3O. The van der Waals surface area contributed by atoms with Crippen LogP contribution in [-0.2, 0) is 4.79 Å². The van der Waals surface area contributed by atoms with Crippen molar-refractivity contribution in [3.05, 3.63) is 18.0 Å². The Bertz CT molecular complexity index is 345. The summed E-state index contributed by atoms with van der Waals surface area (Å²) >= 11 is 0. The Hall–Kier alpha value is -1.32. The van der Waals surface area contributed by atoms with Gasteiger partial charge in [-0.2, -0.15) is 5.10 Å². The van der Waals surface area contributed by atoms with Gasteiger partial charge in [0.1, 0.15) is 0 Å². The van der Waals surface area contributed by atoms with Crippen molar-refractivity contribution < 1.29 is 4.79 Å². The van der Waals surface area contributed by atoms with Gasteiger partial charge in [0, 0.05) is 19.2 Å². The van der Waals surface area contributed by atoms with Crippen molar-refractivity contribution in [3.8, 4) is 0 Å². The van der Waals surface area contributed by atoms with Crippen molar-refractivity contribution in [2.45, 2.75) is 39.2 Å². The van der Waals surface area contributed by atoms with Gasteiger partial charge in [0.15, 0.2) is 0 Å². The van der Waals surface area contributed by atoms with E-state index in [1.54, 1.807) is 6.20 Å². The van der Waals surface area contributed by atoms with Crippen LogP contribution in [0.15, 0.2) is 12.3 Å². The lowest BCUT2D eigenvalue weighted by Gasteiger charge is -2.24. The number of nitrogens with zero attached hydrogens (tertiary/aromatic N) is 2. The van der Waals surface area contributed by atoms with Crippen molar-refractivity contribution in [2.75, 3.05) is 6.54 Å². The quantitative estimate of drug-likeness (QED) is 0.850. The molecule has 4 nitrogen and oxygen atoms in total. The van der Waals surface area contributed by atoms with Crippen LogP contribution in [0.3, 0.4) is 0 Å². The van der Waals surface area contributed by atoms with Crippen LogP contribution in [0.25, 0.3) is 0 Å². The predicted octanol–water partition coefficient (Wildman–Crippen LogP) is 2.12. The Morgan fingerprint density at radius 3 is 3.12 bits per heavy atom. The monoisotopic (exact) mass is 221 g/mol. The minimum Gasteiger partial charge on any atom is -0.334 e. The molecule has 1 aromatic heterocycles. The highest BCUT2D eigenvalue weighted by Crippen LogP contribution is 2.31. The normalized spacial score (nSPS) is 20.7. The fourth-order valence-electron chi connectivity index (χ4n) is 2.31. The summed E-state index contributed by atoms with van der Waals surface area (Å²) in [7, 11) is 0. The molecule has 1 aliphatic heterocycles. The number of hydrogen-bond acceptors (Lipinski definition) is 2. The van der Waals surface area contributed by atoms with E-state index in [0.29, 0.717) is 12.3 Å². The maximum atomic E-state index is 12.1. The number of aromatic nitrogens is 2. The lowest BCUT2D eigenvalue weighted by atomic mass is 10.1. The number of amides is 1. The summed E-state index contributed by atoms with van der Waals surface area (Å²) < 4.78 is 0. The number of likely N-dealkylation sites (tertiary alicyclic amines) is 1. The number of hydrogen-bond donors (Lipinski definition) is 1. The third-order valence-corrected chi connectivity index (χ3v) is 3.04. The molecular weight excluding hydrogens is 202 g/mol. The van der Waals surface area contributed by atoms with E-state index in [1.165, 1.54) is 0 Å². The molecule has 0 saturated carbocycles. The molecule has 16 heavy (non-hydrogen) atoms. The first-order valence-electron chi connectivity index (χ1n) is 5.97. The van der Waals surface area contributed by atoms with Crippen molar-refractivity contribution >= 4 is 5.91 Å². The van der Waals surface area contributed by atoms with Crippen LogP contribution in [0.5, 0.6) is 0 Å². The zero-order valence-electron chi connectivity index (χ0n) is 9.94. The van der Waals surface area contributed by atoms with Crippen LogP contribution in [0.4, 0.5) is 0 Å². The van der Waals surface area contributed by atoms with E-state index in [2.05, 4.69) is 24.0 Å². The number of carbonyl (C=O) groups excluding carboxylic acids is 1. The average Bonchev–Trinajstić information content (AvgIpc) is 2.87. The third-order valence-electron chi connectivity index (χ3n) is 3.04. The molecule has 2 heterocycles. The van der Waals surface area contributed by atoms with Gasteiger partial charge >= 0.3 is 0 Å². The molecule has 0 spiro atoms. The van der Waals surface area contributed by atoms with Gasteiger partial charge in [0.25, 0.3) is 0 Å². The smallest absolute Gasteiger partial charge is 0.223 e. The van der Waals surface area contributed by atoms with E-state index in [1.807, 2.05) is 11.0 Å². The molecule has 4 heteroatoms. The standard InChI is InChI=1S/C12H19N3O/c1-9(2)8-12(16)15-7-3-4-11(15)10-5-6-13-14-10/h5-6,9,11H,3-4,7-8H2,1-2H3,(H,13,14)/t11-/m1/s1. The summed E-state index contributed by atoms with van der Waals surface area (Å²) in [5.74, 6) is 0.697. The van der Waals surface area contributed by atoms with E-state index in [9.17, 15) is 4.79 Å². The van der Waals surface area contributed by atoms with E-state index < -0.39 is 0 Å². The molecule has 1 fully saturated rings. The third kappa shape index (κ3) is 2.26. The van der Waals surface area contributed by atoms with Crippen LogP contribution in [-0.4, -0.2) is 27.5 Å². The molecule has 2 rings (SSSR count). The zero-order valence-corrected chi connectivity index (χ0v) is 9.94. The minimum absolute atomic E-state index is 0.216. The maximum Gasteiger partial charge on any atom is 0.223 e. The van der Waals surface area contributed by atoms with E-state index in [0.717, 1.165) is 25.1 Å². The van der Waals surface area contributed by atoms with Crippen LogP contribution in [0, 0.1) is 5.92 Å². The Balaban J connectivity index is 2.06. The zero-order chi connectivity index (χ0) is 11.5. The highest BCUT2D eigenvalue weighted by Gasteiger charge is 2.30. The molecule has 1 N–H and O–H groups in total. The molecule has 0 radical (unpaired) electrons. The Kier molecular flexibility index (Phi) is 3.27. The molecule has 0 aliphatic carbocycles. The van der Waals surface area contributed by atoms with E-state index in [-0.39, 0.29) is 11.9 Å². The molecule has 0 unspecified atom stereocenters. The first-order valence-corrected chi connectivity index (χ1v) is 5.97. The first-order chi connectivity index (χ1) is 7.68. The summed E-state index contributed by atoms with van der Waals surface area (Å²) in [5.41, 5.74) is 1.06. The van der Waals surface area contributed by atoms with Crippen LogP contribution in [0.2, 0.25) is 0 Å². The maximum absolute atomic E-state index is 12.1. The molecule has 1 atom stereocenters. The van der Waals surface area contributed by atoms with Gasteiger partial charge in [0.2, 0.25) is 5.91 Å². The lowest BCUT2D eigenvalue weighted by molar-refractivity contribution is -0.133. The SMILES string of the molecule is CC(C)CC(=O)N1CCC[C@@H]1c1ccn[nH]1. The Morgan fingerprint density at radius 1 is 1.69 bits per heavy atom. The van der Waals surface area contributed by atoms with Crippen molar-refractivity contribution in [1.29, 1.82) is 0 Å². The van der Waals surface area contributed by atoms with E-state index >= 15 is 0 Å². The Morgan fingerprint density at radius 2 is 2.50 bits per heavy atom. The number of rotatable bonds is 3. The predicted molar refractivity (Wildman–Crippen MR) is 61.7 cm³/mol. The highest BCUT2D eigenvalue weighted by atomic mass is 16.2. The van der Waals surface area contributed by atoms with Gasteiger partial charge < -0.3 is 4.90 Å². The van der Waals surface area contributed by atoms with Gasteiger partial charge in [-0.05, 0) is 24.8 Å². The van der Waals surface area contributed by atoms with Gasteiger partial charge in [-0.1, -0.05) is 13.8 Å². The summed E-state index contributed by atoms with van der Waals surface area (Å²) in [6.07, 6.45) is 4.53. The van der Waals surface area contributed by atoms with Crippen LogP contribution in [0.1, 0.15) is 44.8 Å². The topological polar surface area (TPSA) is 49.0 Å². The second-order valence-electron chi connectivity index (χ2n) is 4.86. The second-order valence-corrected chi connectivity index (χ2v) is 4.86. The van der Waals surface area contributed by atoms with Crippen molar-refractivity contribution in [1.82, 2.24) is 15.1 Å². The number of carbonyl (C=O) groups is 1. The average molecular weight is 221 g/mol. The molecule has 0 bridgehead atoms. The molecule has 1 aromatic rings. The number of H-pyrrole nitrogens is 1. The summed E-state index contributed by atoms with van der Waals surface area (Å²) in [4.78, 5) is 14.0. The molecule has 1 amide bonds. The summed E-state index contributed by atoms with van der Waals surface area (Å²) in [6, 6.07) is 2.18. The minimum atomic E-state index is 0.216. The largest absolute Gasteiger partial charge is 0.334 e. The lowest BCUT2D eigenvalue weighted by Crippen LogP contribution is -2.31. The molecule has 1 aliphatic rings. The number of aromatic amines is 1.